The molecule has 0 aliphatic rings. The van der Waals surface area contributed by atoms with E-state index in [2.05, 4.69) is 10.5 Å². The molecule has 2 rings (SSSR count). The molecule has 114 valence electrons. The summed E-state index contributed by atoms with van der Waals surface area (Å²) in [6, 6.07) is 13.8. The lowest BCUT2D eigenvalue weighted by atomic mass is 10.2. The maximum Gasteiger partial charge on any atom is 0.277 e. The number of hydrogen-bond donors (Lipinski definition) is 2. The van der Waals surface area contributed by atoms with Crippen molar-refractivity contribution in [2.75, 3.05) is 13.7 Å². The van der Waals surface area contributed by atoms with Gasteiger partial charge in [-0.2, -0.15) is 5.10 Å². The van der Waals surface area contributed by atoms with Gasteiger partial charge in [0.05, 0.1) is 13.3 Å². The number of para-hydroxylation sites is 1. The molecule has 0 saturated carbocycles. The Bertz CT molecular complexity index is 656. The second-order valence-corrected chi connectivity index (χ2v) is 4.32. The number of aromatic hydroxyl groups is 1. The molecule has 0 radical (unpaired) electrons. The van der Waals surface area contributed by atoms with E-state index >= 15 is 0 Å². The van der Waals surface area contributed by atoms with Gasteiger partial charge in [-0.1, -0.05) is 18.2 Å². The number of carbonyl (C=O) groups is 1. The number of amides is 1. The Morgan fingerprint density at radius 3 is 2.68 bits per heavy atom. The smallest absolute Gasteiger partial charge is 0.277 e. The van der Waals surface area contributed by atoms with Crippen molar-refractivity contribution in [3.05, 3.63) is 54.1 Å². The van der Waals surface area contributed by atoms with Crippen LogP contribution in [-0.2, 0) is 4.79 Å². The number of methoxy groups -OCH3 is 1. The van der Waals surface area contributed by atoms with Gasteiger partial charge in [0.15, 0.2) is 6.61 Å². The minimum absolute atomic E-state index is 0.0119. The van der Waals surface area contributed by atoms with E-state index in [-0.39, 0.29) is 12.4 Å². The van der Waals surface area contributed by atoms with Gasteiger partial charge in [-0.3, -0.25) is 4.79 Å². The summed E-state index contributed by atoms with van der Waals surface area (Å²) in [6.45, 7) is -0.143. The van der Waals surface area contributed by atoms with Crippen LogP contribution in [0.1, 0.15) is 5.56 Å². The summed E-state index contributed by atoms with van der Waals surface area (Å²) in [5.74, 6) is 0.760. The first-order valence-electron chi connectivity index (χ1n) is 6.56. The Hall–Kier alpha value is -3.02. The number of nitrogens with one attached hydrogen (secondary N) is 1. The predicted molar refractivity (Wildman–Crippen MR) is 82.3 cm³/mol. The molecule has 2 N–H and O–H groups in total. The van der Waals surface area contributed by atoms with Gasteiger partial charge in [-0.25, -0.2) is 5.43 Å². The van der Waals surface area contributed by atoms with Gasteiger partial charge in [-0.15, -0.1) is 0 Å². The second-order valence-electron chi connectivity index (χ2n) is 4.32. The lowest BCUT2D eigenvalue weighted by Gasteiger charge is -2.04. The summed E-state index contributed by atoms with van der Waals surface area (Å²) >= 11 is 0. The third-order valence-corrected chi connectivity index (χ3v) is 2.74. The molecule has 1 amide bonds. The van der Waals surface area contributed by atoms with Crippen molar-refractivity contribution in [1.82, 2.24) is 5.43 Å². The van der Waals surface area contributed by atoms with Crippen LogP contribution in [0.5, 0.6) is 17.2 Å². The molecule has 0 unspecified atom stereocenters. The van der Waals surface area contributed by atoms with Gasteiger partial charge < -0.3 is 14.6 Å². The summed E-state index contributed by atoms with van der Waals surface area (Å²) in [5.41, 5.74) is 2.78. The predicted octanol–water partition coefficient (Wildman–Crippen LogP) is 1.93. The molecule has 0 aromatic heterocycles. The van der Waals surface area contributed by atoms with Crippen LogP contribution < -0.4 is 14.9 Å². The minimum atomic E-state index is -0.395. The third kappa shape index (κ3) is 4.52. The highest BCUT2D eigenvalue weighted by atomic mass is 16.5. The van der Waals surface area contributed by atoms with E-state index < -0.39 is 5.91 Å². The van der Waals surface area contributed by atoms with Gasteiger partial charge in [0.25, 0.3) is 5.91 Å². The summed E-state index contributed by atoms with van der Waals surface area (Å²) in [4.78, 5) is 11.6. The van der Waals surface area contributed by atoms with E-state index in [1.54, 1.807) is 24.3 Å². The summed E-state index contributed by atoms with van der Waals surface area (Å²) in [5, 5.41) is 13.5. The van der Waals surface area contributed by atoms with Crippen LogP contribution in [0.2, 0.25) is 0 Å². The number of phenolic OH excluding ortho intramolecular Hbond substituents is 1. The normalized spacial score (nSPS) is 10.4. The molecule has 0 aliphatic carbocycles. The zero-order valence-electron chi connectivity index (χ0n) is 12.0. The second kappa shape index (κ2) is 7.68. The molecule has 22 heavy (non-hydrogen) atoms. The number of hydrazone groups is 1. The Kier molecular flexibility index (Phi) is 5.37. The zero-order valence-corrected chi connectivity index (χ0v) is 12.0. The molecule has 0 saturated heterocycles. The Morgan fingerprint density at radius 2 is 2.00 bits per heavy atom. The fraction of sp³-hybridized carbons (Fsp3) is 0.125. The van der Waals surface area contributed by atoms with Crippen molar-refractivity contribution in [3.8, 4) is 17.2 Å². The van der Waals surface area contributed by atoms with Crippen molar-refractivity contribution in [2.45, 2.75) is 0 Å². The molecule has 2 aromatic rings. The monoisotopic (exact) mass is 300 g/mol. The topological polar surface area (TPSA) is 80.2 Å². The lowest BCUT2D eigenvalue weighted by Crippen LogP contribution is -2.24. The van der Waals surface area contributed by atoms with Gasteiger partial charge in [0.1, 0.15) is 17.2 Å². The van der Waals surface area contributed by atoms with Crippen molar-refractivity contribution in [3.63, 3.8) is 0 Å². The van der Waals surface area contributed by atoms with Crippen LogP contribution >= 0.6 is 0 Å². The molecule has 6 nitrogen and oxygen atoms in total. The Labute approximate surface area is 128 Å². The molecule has 0 aliphatic heterocycles. The highest BCUT2D eigenvalue weighted by Gasteiger charge is 2.02. The lowest BCUT2D eigenvalue weighted by molar-refractivity contribution is -0.123. The molecule has 6 heteroatoms. The highest BCUT2D eigenvalue weighted by molar-refractivity contribution is 5.85. The SMILES string of the molecule is COc1ccc(C=NNC(=O)COc2ccccc2)c(O)c1. The molecular formula is C16H16N2O4. The fourth-order valence-electron chi connectivity index (χ4n) is 1.63. The average Bonchev–Trinajstić information content (AvgIpc) is 2.55. The van der Waals surface area contributed by atoms with Crippen molar-refractivity contribution in [1.29, 1.82) is 0 Å². The summed E-state index contributed by atoms with van der Waals surface area (Å²) < 4.78 is 10.2. The molecule has 0 spiro atoms. The van der Waals surface area contributed by atoms with Gasteiger partial charge in [-0.05, 0) is 24.3 Å². The number of ether oxygens (including phenoxy) is 2. The standard InChI is InChI=1S/C16H16N2O4/c1-21-14-8-7-12(15(19)9-14)10-17-18-16(20)11-22-13-5-3-2-4-6-13/h2-10,19H,11H2,1H3,(H,18,20). The summed E-state index contributed by atoms with van der Waals surface area (Å²) in [6.07, 6.45) is 1.34. The van der Waals surface area contributed by atoms with E-state index in [1.807, 2.05) is 18.2 Å². The molecule has 0 heterocycles. The van der Waals surface area contributed by atoms with Crippen LogP contribution in [0.4, 0.5) is 0 Å². The van der Waals surface area contributed by atoms with Crippen LogP contribution in [0.15, 0.2) is 53.6 Å². The molecule has 2 aromatic carbocycles. The molecule has 0 atom stereocenters. The zero-order chi connectivity index (χ0) is 15.8. The van der Waals surface area contributed by atoms with Crippen LogP contribution in [-0.4, -0.2) is 30.9 Å². The van der Waals surface area contributed by atoms with Gasteiger partial charge in [0, 0.05) is 11.6 Å². The maximum atomic E-state index is 11.6. The number of carbonyl (C=O) groups excluding carboxylic acids is 1. The van der Waals surface area contributed by atoms with E-state index in [4.69, 9.17) is 9.47 Å². The first kappa shape index (κ1) is 15.4. The van der Waals surface area contributed by atoms with Crippen molar-refractivity contribution >= 4 is 12.1 Å². The first-order valence-corrected chi connectivity index (χ1v) is 6.56. The van der Waals surface area contributed by atoms with E-state index in [0.717, 1.165) is 0 Å². The Balaban J connectivity index is 1.83. The largest absolute Gasteiger partial charge is 0.507 e. The number of hydrogen-bond acceptors (Lipinski definition) is 5. The average molecular weight is 300 g/mol. The van der Waals surface area contributed by atoms with E-state index in [9.17, 15) is 9.90 Å². The van der Waals surface area contributed by atoms with E-state index in [0.29, 0.717) is 17.1 Å². The quantitative estimate of drug-likeness (QED) is 0.631. The van der Waals surface area contributed by atoms with Gasteiger partial charge >= 0.3 is 0 Å². The van der Waals surface area contributed by atoms with Gasteiger partial charge in [0.2, 0.25) is 0 Å². The van der Waals surface area contributed by atoms with E-state index in [1.165, 1.54) is 19.4 Å². The number of rotatable bonds is 6. The third-order valence-electron chi connectivity index (χ3n) is 2.74. The number of phenols is 1. The maximum absolute atomic E-state index is 11.6. The first-order chi connectivity index (χ1) is 10.7. The van der Waals surface area contributed by atoms with Crippen molar-refractivity contribution < 1.29 is 19.4 Å². The molecule has 0 fully saturated rings. The fourth-order valence-corrected chi connectivity index (χ4v) is 1.63. The van der Waals surface area contributed by atoms with Crippen LogP contribution in [0.25, 0.3) is 0 Å². The van der Waals surface area contributed by atoms with Crippen LogP contribution in [0, 0.1) is 0 Å². The minimum Gasteiger partial charge on any atom is -0.507 e. The number of nitrogens with zero attached hydrogens (tertiary/aromatic N) is 1. The molecule has 0 bridgehead atoms. The summed E-state index contributed by atoms with van der Waals surface area (Å²) in [7, 11) is 1.51. The number of benzene rings is 2. The van der Waals surface area contributed by atoms with Crippen LogP contribution in [0.3, 0.4) is 0 Å². The Morgan fingerprint density at radius 1 is 1.23 bits per heavy atom. The highest BCUT2D eigenvalue weighted by Crippen LogP contribution is 2.21. The molecular weight excluding hydrogens is 284 g/mol. The van der Waals surface area contributed by atoms with Crippen molar-refractivity contribution in [2.24, 2.45) is 5.10 Å².